The molecule has 0 atom stereocenters. The fourth-order valence-electron chi connectivity index (χ4n) is 2.89. The highest BCUT2D eigenvalue weighted by Crippen LogP contribution is 2.38. The molecular formula is C19H17NO4. The Morgan fingerprint density at radius 3 is 2.71 bits per heavy atom. The minimum Gasteiger partial charge on any atom is -0.504 e. The molecule has 3 aromatic carbocycles. The molecule has 0 amide bonds. The Labute approximate surface area is 139 Å². The minimum absolute atomic E-state index is 0.158. The molecule has 5 heteroatoms. The van der Waals surface area contributed by atoms with Crippen LogP contribution in [0.5, 0.6) is 23.0 Å². The molecule has 122 valence electrons. The number of para-hydroxylation sites is 1. The first-order valence-electron chi connectivity index (χ1n) is 7.67. The van der Waals surface area contributed by atoms with Gasteiger partial charge in [0, 0.05) is 23.2 Å². The molecule has 0 bridgehead atoms. The van der Waals surface area contributed by atoms with Gasteiger partial charge in [0.05, 0.1) is 7.11 Å². The number of fused-ring (bicyclic) bond motifs is 2. The van der Waals surface area contributed by atoms with Crippen molar-refractivity contribution in [1.82, 2.24) is 0 Å². The van der Waals surface area contributed by atoms with Crippen molar-refractivity contribution in [2.24, 2.45) is 0 Å². The number of rotatable bonds is 4. The van der Waals surface area contributed by atoms with Crippen molar-refractivity contribution in [3.05, 3.63) is 54.1 Å². The second-order valence-corrected chi connectivity index (χ2v) is 5.55. The molecule has 0 radical (unpaired) electrons. The molecule has 0 spiro atoms. The Hall–Kier alpha value is -3.08. The summed E-state index contributed by atoms with van der Waals surface area (Å²) in [6.07, 6.45) is 0. The maximum Gasteiger partial charge on any atom is 0.231 e. The number of hydrogen-bond donors (Lipinski definition) is 2. The lowest BCUT2D eigenvalue weighted by molar-refractivity contribution is 0.174. The second-order valence-electron chi connectivity index (χ2n) is 5.55. The Kier molecular flexibility index (Phi) is 3.54. The van der Waals surface area contributed by atoms with E-state index >= 15 is 0 Å². The van der Waals surface area contributed by atoms with Crippen molar-refractivity contribution < 1.29 is 19.3 Å². The number of phenols is 1. The zero-order chi connectivity index (χ0) is 16.5. The SMILES string of the molecule is COc1cccc(CNc2cccc3cc4c(cc23)OCO4)c1O. The summed E-state index contributed by atoms with van der Waals surface area (Å²) in [5.41, 5.74) is 1.74. The molecule has 1 aliphatic rings. The molecule has 1 heterocycles. The molecular weight excluding hydrogens is 306 g/mol. The van der Waals surface area contributed by atoms with Gasteiger partial charge in [-0.05, 0) is 29.7 Å². The predicted molar refractivity (Wildman–Crippen MR) is 92.1 cm³/mol. The number of nitrogens with one attached hydrogen (secondary N) is 1. The summed E-state index contributed by atoms with van der Waals surface area (Å²) in [7, 11) is 1.54. The average Bonchev–Trinajstić information content (AvgIpc) is 3.06. The van der Waals surface area contributed by atoms with Crippen molar-refractivity contribution in [3.63, 3.8) is 0 Å². The molecule has 5 nitrogen and oxygen atoms in total. The molecule has 1 aliphatic heterocycles. The molecule has 24 heavy (non-hydrogen) atoms. The number of anilines is 1. The van der Waals surface area contributed by atoms with Crippen LogP contribution in [-0.4, -0.2) is 19.0 Å². The number of aromatic hydroxyl groups is 1. The van der Waals surface area contributed by atoms with Crippen LogP contribution in [0.1, 0.15) is 5.56 Å². The van der Waals surface area contributed by atoms with Gasteiger partial charge in [-0.2, -0.15) is 0 Å². The third kappa shape index (κ3) is 2.44. The standard InChI is InChI=1S/C19H17NO4/c1-22-16-7-3-5-13(19(16)21)10-20-15-6-2-4-12-8-17-18(9-14(12)15)24-11-23-17/h2-9,20-21H,10-11H2,1H3. The van der Waals surface area contributed by atoms with Gasteiger partial charge in [0.1, 0.15) is 0 Å². The molecule has 0 unspecified atom stereocenters. The Bertz CT molecular complexity index is 907. The van der Waals surface area contributed by atoms with E-state index in [1.54, 1.807) is 13.2 Å². The highest BCUT2D eigenvalue weighted by molar-refractivity contribution is 5.96. The number of methoxy groups -OCH3 is 1. The van der Waals surface area contributed by atoms with Crippen molar-refractivity contribution in [3.8, 4) is 23.0 Å². The predicted octanol–water partition coefficient (Wildman–Crippen LogP) is 3.89. The average molecular weight is 323 g/mol. The zero-order valence-electron chi connectivity index (χ0n) is 13.2. The summed E-state index contributed by atoms with van der Waals surface area (Å²) in [4.78, 5) is 0. The maximum atomic E-state index is 10.2. The molecule has 0 saturated carbocycles. The first-order valence-corrected chi connectivity index (χ1v) is 7.67. The van der Waals surface area contributed by atoms with Gasteiger partial charge in [0.15, 0.2) is 23.0 Å². The normalized spacial score (nSPS) is 12.4. The van der Waals surface area contributed by atoms with Crippen molar-refractivity contribution in [1.29, 1.82) is 0 Å². The van der Waals surface area contributed by atoms with Crippen LogP contribution in [0, 0.1) is 0 Å². The highest BCUT2D eigenvalue weighted by Gasteiger charge is 2.15. The lowest BCUT2D eigenvalue weighted by Crippen LogP contribution is -2.01. The number of hydrogen-bond acceptors (Lipinski definition) is 5. The maximum absolute atomic E-state index is 10.2. The van der Waals surface area contributed by atoms with Gasteiger partial charge in [0.25, 0.3) is 0 Å². The van der Waals surface area contributed by atoms with Gasteiger partial charge in [0.2, 0.25) is 6.79 Å². The van der Waals surface area contributed by atoms with Gasteiger partial charge in [-0.3, -0.25) is 0 Å². The molecule has 0 saturated heterocycles. The van der Waals surface area contributed by atoms with Crippen LogP contribution in [0.3, 0.4) is 0 Å². The van der Waals surface area contributed by atoms with Crippen molar-refractivity contribution in [2.45, 2.75) is 6.54 Å². The number of ether oxygens (including phenoxy) is 3. The second kappa shape index (κ2) is 5.85. The van der Waals surface area contributed by atoms with Crippen LogP contribution in [0.2, 0.25) is 0 Å². The summed E-state index contributed by atoms with van der Waals surface area (Å²) >= 11 is 0. The van der Waals surface area contributed by atoms with Gasteiger partial charge >= 0.3 is 0 Å². The molecule has 0 aliphatic carbocycles. The first-order chi connectivity index (χ1) is 11.8. The highest BCUT2D eigenvalue weighted by atomic mass is 16.7. The van der Waals surface area contributed by atoms with E-state index in [0.717, 1.165) is 33.5 Å². The first kappa shape index (κ1) is 14.5. The van der Waals surface area contributed by atoms with Gasteiger partial charge in [-0.15, -0.1) is 0 Å². The summed E-state index contributed by atoms with van der Waals surface area (Å²) in [6.45, 7) is 0.739. The summed E-state index contributed by atoms with van der Waals surface area (Å²) < 4.78 is 16.0. The van der Waals surface area contributed by atoms with Crippen LogP contribution >= 0.6 is 0 Å². The molecule has 4 rings (SSSR count). The van der Waals surface area contributed by atoms with Crippen molar-refractivity contribution in [2.75, 3.05) is 19.2 Å². The van der Waals surface area contributed by atoms with Gasteiger partial charge < -0.3 is 24.6 Å². The van der Waals surface area contributed by atoms with E-state index in [1.807, 2.05) is 42.5 Å². The quantitative estimate of drug-likeness (QED) is 0.762. The summed E-state index contributed by atoms with van der Waals surface area (Å²) in [5, 5.41) is 15.7. The van der Waals surface area contributed by atoms with Crippen LogP contribution < -0.4 is 19.5 Å². The molecule has 0 fully saturated rings. The molecule has 3 aromatic rings. The van der Waals surface area contributed by atoms with Gasteiger partial charge in [-0.1, -0.05) is 24.3 Å². The Morgan fingerprint density at radius 1 is 1.08 bits per heavy atom. The number of phenolic OH excluding ortho intramolecular Hbond substituents is 1. The Morgan fingerprint density at radius 2 is 1.88 bits per heavy atom. The fourth-order valence-corrected chi connectivity index (χ4v) is 2.89. The van der Waals surface area contributed by atoms with Crippen LogP contribution in [0.25, 0.3) is 10.8 Å². The van der Waals surface area contributed by atoms with E-state index in [-0.39, 0.29) is 12.5 Å². The largest absolute Gasteiger partial charge is 0.504 e. The minimum atomic E-state index is 0.158. The third-order valence-corrected chi connectivity index (χ3v) is 4.15. The third-order valence-electron chi connectivity index (χ3n) is 4.15. The van der Waals surface area contributed by atoms with Crippen LogP contribution in [-0.2, 0) is 6.54 Å². The van der Waals surface area contributed by atoms with E-state index < -0.39 is 0 Å². The molecule has 2 N–H and O–H groups in total. The van der Waals surface area contributed by atoms with E-state index in [2.05, 4.69) is 5.32 Å². The lowest BCUT2D eigenvalue weighted by Gasteiger charge is -2.13. The molecule has 0 aromatic heterocycles. The van der Waals surface area contributed by atoms with Gasteiger partial charge in [-0.25, -0.2) is 0 Å². The van der Waals surface area contributed by atoms with Crippen LogP contribution in [0.15, 0.2) is 48.5 Å². The van der Waals surface area contributed by atoms with E-state index in [4.69, 9.17) is 14.2 Å². The van der Waals surface area contributed by atoms with Crippen molar-refractivity contribution >= 4 is 16.5 Å². The van der Waals surface area contributed by atoms with Crippen LogP contribution in [0.4, 0.5) is 5.69 Å². The fraction of sp³-hybridized carbons (Fsp3) is 0.158. The zero-order valence-corrected chi connectivity index (χ0v) is 13.2. The van der Waals surface area contributed by atoms with E-state index in [0.29, 0.717) is 12.3 Å². The van der Waals surface area contributed by atoms with E-state index in [1.165, 1.54) is 0 Å². The summed E-state index contributed by atoms with van der Waals surface area (Å²) in [6, 6.07) is 15.4. The summed E-state index contributed by atoms with van der Waals surface area (Å²) in [5.74, 6) is 2.15. The monoisotopic (exact) mass is 323 g/mol. The lowest BCUT2D eigenvalue weighted by atomic mass is 10.1. The van der Waals surface area contributed by atoms with E-state index in [9.17, 15) is 5.11 Å². The smallest absolute Gasteiger partial charge is 0.231 e. The number of benzene rings is 3. The Balaban J connectivity index is 1.66. The topological polar surface area (TPSA) is 60.0 Å².